The van der Waals surface area contributed by atoms with Gasteiger partial charge in [-0.05, 0) is 43.5 Å². The maximum absolute atomic E-state index is 12.7. The van der Waals surface area contributed by atoms with Gasteiger partial charge in [0.2, 0.25) is 11.8 Å². The molecule has 2 fully saturated rings. The number of amides is 4. The number of aryl methyl sites for hydroxylation is 1. The molecule has 2 aliphatic rings. The second kappa shape index (κ2) is 7.59. The lowest BCUT2D eigenvalue weighted by molar-refractivity contribution is -0.130. The topological polar surface area (TPSA) is 81.8 Å². The number of piperidine rings is 1. The van der Waals surface area contributed by atoms with Crippen LogP contribution in [0.15, 0.2) is 30.9 Å². The summed E-state index contributed by atoms with van der Waals surface area (Å²) in [5.41, 5.74) is 2.38. The maximum atomic E-state index is 12.7. The monoisotopic (exact) mass is 356 g/mol. The van der Waals surface area contributed by atoms with Gasteiger partial charge in [0, 0.05) is 37.6 Å². The number of carbonyl (C=O) groups excluding carboxylic acids is 3. The van der Waals surface area contributed by atoms with Crippen LogP contribution in [0.3, 0.4) is 0 Å². The Morgan fingerprint density at radius 3 is 2.85 bits per heavy atom. The average molecular weight is 356 g/mol. The normalized spacial score (nSPS) is 19.9. The molecule has 0 spiro atoms. The van der Waals surface area contributed by atoms with E-state index in [4.69, 9.17) is 0 Å². The van der Waals surface area contributed by atoms with Crippen molar-refractivity contribution in [1.82, 2.24) is 10.2 Å². The number of benzene rings is 1. The van der Waals surface area contributed by atoms with Crippen molar-refractivity contribution in [3.05, 3.63) is 36.4 Å². The van der Waals surface area contributed by atoms with E-state index in [9.17, 15) is 14.4 Å². The number of nitrogens with one attached hydrogen (secondary N) is 2. The van der Waals surface area contributed by atoms with E-state index in [0.717, 1.165) is 24.1 Å². The summed E-state index contributed by atoms with van der Waals surface area (Å²) in [6, 6.07) is 5.47. The number of hydrogen-bond donors (Lipinski definition) is 2. The Hall–Kier alpha value is -2.83. The van der Waals surface area contributed by atoms with Crippen molar-refractivity contribution in [2.45, 2.75) is 19.8 Å². The molecule has 7 nitrogen and oxygen atoms in total. The SMILES string of the molecule is C=CC(=O)N1CCCC(C(=O)Nc2cc(N3CCNC3=O)ccc2C)C1. The van der Waals surface area contributed by atoms with Gasteiger partial charge in [-0.3, -0.25) is 14.5 Å². The first-order chi connectivity index (χ1) is 12.5. The molecule has 4 amide bonds. The van der Waals surface area contributed by atoms with Crippen molar-refractivity contribution in [2.24, 2.45) is 5.92 Å². The van der Waals surface area contributed by atoms with Gasteiger partial charge in [0.05, 0.1) is 5.92 Å². The van der Waals surface area contributed by atoms with Crippen molar-refractivity contribution < 1.29 is 14.4 Å². The Morgan fingerprint density at radius 1 is 1.35 bits per heavy atom. The van der Waals surface area contributed by atoms with Crippen molar-refractivity contribution in [2.75, 3.05) is 36.4 Å². The zero-order chi connectivity index (χ0) is 18.7. The summed E-state index contributed by atoms with van der Waals surface area (Å²) in [6.07, 6.45) is 2.83. The fraction of sp³-hybridized carbons (Fsp3) is 0.421. The second-order valence-electron chi connectivity index (χ2n) is 6.70. The molecule has 1 aromatic rings. The molecule has 0 radical (unpaired) electrons. The first-order valence-electron chi connectivity index (χ1n) is 8.88. The van der Waals surface area contributed by atoms with E-state index >= 15 is 0 Å². The Balaban J connectivity index is 1.71. The third kappa shape index (κ3) is 3.71. The molecule has 7 heteroatoms. The fourth-order valence-corrected chi connectivity index (χ4v) is 3.39. The number of nitrogens with zero attached hydrogens (tertiary/aromatic N) is 2. The second-order valence-corrected chi connectivity index (χ2v) is 6.70. The van der Waals surface area contributed by atoms with Crippen molar-refractivity contribution in [3.8, 4) is 0 Å². The van der Waals surface area contributed by atoms with Crippen molar-refractivity contribution in [1.29, 1.82) is 0 Å². The minimum Gasteiger partial charge on any atom is -0.338 e. The Bertz CT molecular complexity index is 746. The fourth-order valence-electron chi connectivity index (χ4n) is 3.39. The molecule has 2 N–H and O–H groups in total. The molecule has 1 aromatic carbocycles. The molecule has 2 heterocycles. The van der Waals surface area contributed by atoms with E-state index in [2.05, 4.69) is 17.2 Å². The molecular formula is C19H24N4O3. The molecule has 0 bridgehead atoms. The van der Waals surface area contributed by atoms with Gasteiger partial charge < -0.3 is 15.5 Å². The number of rotatable bonds is 4. The highest BCUT2D eigenvalue weighted by atomic mass is 16.2. The molecule has 1 atom stereocenters. The molecule has 0 saturated carbocycles. The van der Waals surface area contributed by atoms with Gasteiger partial charge >= 0.3 is 6.03 Å². The standard InChI is InChI=1S/C19H24N4O3/c1-3-17(24)22-9-4-5-14(12-22)18(25)21-16-11-15(7-6-13(16)2)23-10-8-20-19(23)26/h3,6-7,11,14H,1,4-5,8-10,12H2,2H3,(H,20,26)(H,21,25). The molecular weight excluding hydrogens is 332 g/mol. The lowest BCUT2D eigenvalue weighted by atomic mass is 9.96. The maximum Gasteiger partial charge on any atom is 0.321 e. The molecule has 26 heavy (non-hydrogen) atoms. The molecule has 0 aromatic heterocycles. The van der Waals surface area contributed by atoms with Crippen LogP contribution in [0.25, 0.3) is 0 Å². The number of anilines is 2. The van der Waals surface area contributed by atoms with Crippen LogP contribution in [0, 0.1) is 12.8 Å². The zero-order valence-electron chi connectivity index (χ0n) is 15.0. The van der Waals surface area contributed by atoms with Crippen molar-refractivity contribution in [3.63, 3.8) is 0 Å². The van der Waals surface area contributed by atoms with Gasteiger partial charge in [-0.15, -0.1) is 0 Å². The highest BCUT2D eigenvalue weighted by Gasteiger charge is 2.28. The van der Waals surface area contributed by atoms with Gasteiger partial charge in [-0.2, -0.15) is 0 Å². The molecule has 138 valence electrons. The van der Waals surface area contributed by atoms with Gasteiger partial charge in [-0.25, -0.2) is 4.79 Å². The van der Waals surface area contributed by atoms with E-state index < -0.39 is 0 Å². The summed E-state index contributed by atoms with van der Waals surface area (Å²) in [5.74, 6) is -0.482. The first kappa shape index (κ1) is 18.0. The zero-order valence-corrected chi connectivity index (χ0v) is 15.0. The molecule has 2 saturated heterocycles. The van der Waals surface area contributed by atoms with Crippen LogP contribution in [-0.2, 0) is 9.59 Å². The molecule has 2 aliphatic heterocycles. The average Bonchev–Trinajstić information content (AvgIpc) is 3.09. The summed E-state index contributed by atoms with van der Waals surface area (Å²) < 4.78 is 0. The van der Waals surface area contributed by atoms with Crippen LogP contribution in [-0.4, -0.2) is 48.9 Å². The van der Waals surface area contributed by atoms with Crippen LogP contribution >= 0.6 is 0 Å². The Labute approximate surface area is 153 Å². The van der Waals surface area contributed by atoms with E-state index in [1.807, 2.05) is 25.1 Å². The predicted octanol–water partition coefficient (Wildman–Crippen LogP) is 1.89. The van der Waals surface area contributed by atoms with Crippen LogP contribution in [0.5, 0.6) is 0 Å². The van der Waals surface area contributed by atoms with E-state index in [1.165, 1.54) is 6.08 Å². The van der Waals surface area contributed by atoms with E-state index in [0.29, 0.717) is 31.9 Å². The van der Waals surface area contributed by atoms with Gasteiger partial charge in [-0.1, -0.05) is 12.6 Å². The van der Waals surface area contributed by atoms with Gasteiger partial charge in [0.15, 0.2) is 0 Å². The highest BCUT2D eigenvalue weighted by Crippen LogP contribution is 2.26. The van der Waals surface area contributed by atoms with Crippen molar-refractivity contribution >= 4 is 29.2 Å². The summed E-state index contributed by atoms with van der Waals surface area (Å²) in [5, 5.41) is 5.74. The number of carbonyl (C=O) groups is 3. The molecule has 1 unspecified atom stereocenters. The number of urea groups is 1. The minimum absolute atomic E-state index is 0.0994. The van der Waals surface area contributed by atoms with E-state index in [1.54, 1.807) is 9.80 Å². The van der Waals surface area contributed by atoms with Crippen LogP contribution < -0.4 is 15.5 Å². The lowest BCUT2D eigenvalue weighted by Gasteiger charge is -2.31. The van der Waals surface area contributed by atoms with Crippen LogP contribution in [0.2, 0.25) is 0 Å². The summed E-state index contributed by atoms with van der Waals surface area (Å²) >= 11 is 0. The third-order valence-electron chi connectivity index (χ3n) is 4.93. The molecule has 0 aliphatic carbocycles. The van der Waals surface area contributed by atoms with Crippen LogP contribution in [0.4, 0.5) is 16.2 Å². The Kier molecular flexibility index (Phi) is 5.25. The summed E-state index contributed by atoms with van der Waals surface area (Å²) in [4.78, 5) is 39.7. The van der Waals surface area contributed by atoms with Gasteiger partial charge in [0.1, 0.15) is 0 Å². The smallest absolute Gasteiger partial charge is 0.321 e. The quantitative estimate of drug-likeness (QED) is 0.809. The number of hydrogen-bond acceptors (Lipinski definition) is 3. The predicted molar refractivity (Wildman–Crippen MR) is 100 cm³/mol. The van der Waals surface area contributed by atoms with E-state index in [-0.39, 0.29) is 23.8 Å². The van der Waals surface area contributed by atoms with Crippen LogP contribution in [0.1, 0.15) is 18.4 Å². The first-order valence-corrected chi connectivity index (χ1v) is 8.88. The summed E-state index contributed by atoms with van der Waals surface area (Å²) in [6.45, 7) is 7.71. The molecule has 3 rings (SSSR count). The summed E-state index contributed by atoms with van der Waals surface area (Å²) in [7, 11) is 0. The Morgan fingerprint density at radius 2 is 2.15 bits per heavy atom. The lowest BCUT2D eigenvalue weighted by Crippen LogP contribution is -2.43. The number of likely N-dealkylation sites (tertiary alicyclic amines) is 1. The largest absolute Gasteiger partial charge is 0.338 e. The third-order valence-corrected chi connectivity index (χ3v) is 4.93. The highest BCUT2D eigenvalue weighted by molar-refractivity contribution is 5.97. The van der Waals surface area contributed by atoms with Gasteiger partial charge in [0.25, 0.3) is 0 Å². The minimum atomic E-state index is -0.245.